The van der Waals surface area contributed by atoms with Crippen molar-refractivity contribution >= 4 is 38.4 Å². The van der Waals surface area contributed by atoms with E-state index in [9.17, 15) is 18.3 Å². The van der Waals surface area contributed by atoms with Crippen LogP contribution in [-0.4, -0.2) is 44.1 Å². The fourth-order valence-electron chi connectivity index (χ4n) is 3.53. The summed E-state index contributed by atoms with van der Waals surface area (Å²) in [6.07, 6.45) is 1.60. The van der Waals surface area contributed by atoms with E-state index in [1.165, 1.54) is 33.2 Å². The highest BCUT2D eigenvalue weighted by atomic mass is 35.5. The molecule has 0 aliphatic rings. The molecule has 0 saturated carbocycles. The summed E-state index contributed by atoms with van der Waals surface area (Å²) >= 11 is 5.87. The van der Waals surface area contributed by atoms with Crippen LogP contribution in [0.4, 0.5) is 0 Å². The number of hydrogen-bond donors (Lipinski definition) is 2. The fraction of sp³-hybridized carbons (Fsp3) is 0.0952. The van der Waals surface area contributed by atoms with Gasteiger partial charge in [-0.1, -0.05) is 41.9 Å². The number of aliphatic hydroxyl groups excluding tert-OH is 1. The first-order valence-corrected chi connectivity index (χ1v) is 11.4. The molecule has 2 N–H and O–H groups in total. The second-order valence-corrected chi connectivity index (χ2v) is 9.32. The minimum absolute atomic E-state index is 0.0339. The molecule has 5 aromatic rings. The molecule has 11 heteroatoms. The molecule has 0 fully saturated rings. The number of imidazole rings is 2. The third-order valence-electron chi connectivity index (χ3n) is 5.04. The number of aliphatic hydroxyl groups is 1. The molecule has 9 nitrogen and oxygen atoms in total. The highest BCUT2D eigenvalue weighted by molar-refractivity contribution is 7.91. The summed E-state index contributed by atoms with van der Waals surface area (Å²) in [6.45, 7) is -0.469. The van der Waals surface area contributed by atoms with Gasteiger partial charge in [-0.3, -0.25) is 9.36 Å². The van der Waals surface area contributed by atoms with Crippen molar-refractivity contribution < 1.29 is 13.5 Å². The first kappa shape index (κ1) is 20.4. The van der Waals surface area contributed by atoms with Gasteiger partial charge in [-0.15, -0.1) is 0 Å². The van der Waals surface area contributed by atoms with Gasteiger partial charge in [-0.05, 0) is 29.8 Å². The number of hydrogen-bond acceptors (Lipinski definition) is 6. The van der Waals surface area contributed by atoms with Gasteiger partial charge >= 0.3 is 0 Å². The first-order chi connectivity index (χ1) is 15.4. The molecule has 32 heavy (non-hydrogen) atoms. The molecule has 5 rings (SSSR count). The highest BCUT2D eigenvalue weighted by Gasteiger charge is 2.28. The summed E-state index contributed by atoms with van der Waals surface area (Å²) in [7, 11) is -4.10. The predicted molar refractivity (Wildman–Crippen MR) is 119 cm³/mol. The van der Waals surface area contributed by atoms with Gasteiger partial charge in [0, 0.05) is 17.8 Å². The monoisotopic (exact) mass is 469 g/mol. The van der Waals surface area contributed by atoms with Crippen molar-refractivity contribution in [2.75, 3.05) is 6.61 Å². The average Bonchev–Trinajstić information content (AvgIpc) is 3.38. The Bertz CT molecular complexity index is 1620. The number of sulfone groups is 1. The molecule has 0 aliphatic carbocycles. The maximum absolute atomic E-state index is 13.2. The Labute approximate surface area is 186 Å². The lowest BCUT2D eigenvalue weighted by atomic mass is 10.2. The summed E-state index contributed by atoms with van der Waals surface area (Å²) < 4.78 is 29.0. The molecule has 0 radical (unpaired) electrons. The van der Waals surface area contributed by atoms with Gasteiger partial charge in [0.25, 0.3) is 5.56 Å². The second-order valence-electron chi connectivity index (χ2n) is 7.04. The Hall–Kier alpha value is -3.47. The van der Waals surface area contributed by atoms with Gasteiger partial charge in [-0.25, -0.2) is 17.8 Å². The van der Waals surface area contributed by atoms with Crippen LogP contribution in [0.1, 0.15) is 0 Å². The Morgan fingerprint density at radius 1 is 1.03 bits per heavy atom. The number of fused-ring (bicyclic) bond motifs is 2. The molecule has 0 amide bonds. The molecular weight excluding hydrogens is 454 g/mol. The van der Waals surface area contributed by atoms with Crippen LogP contribution in [-0.2, 0) is 16.4 Å². The molecule has 0 unspecified atom stereocenters. The van der Waals surface area contributed by atoms with Crippen LogP contribution in [0.2, 0.25) is 5.02 Å². The van der Waals surface area contributed by atoms with E-state index in [0.29, 0.717) is 10.7 Å². The van der Waals surface area contributed by atoms with E-state index in [1.807, 2.05) is 30.3 Å². The van der Waals surface area contributed by atoms with E-state index in [2.05, 4.69) is 15.0 Å². The van der Waals surface area contributed by atoms with Crippen molar-refractivity contribution in [2.45, 2.75) is 16.6 Å². The number of benzene rings is 2. The minimum atomic E-state index is -4.10. The molecule has 0 aliphatic heterocycles. The normalized spacial score (nSPS) is 12.1. The van der Waals surface area contributed by atoms with Gasteiger partial charge in [0.05, 0.1) is 17.2 Å². The quantitative estimate of drug-likeness (QED) is 0.408. The van der Waals surface area contributed by atoms with E-state index in [0.717, 1.165) is 5.56 Å². The van der Waals surface area contributed by atoms with E-state index >= 15 is 0 Å². The Balaban J connectivity index is 1.76. The molecule has 0 spiro atoms. The molecule has 0 bridgehead atoms. The molecule has 3 aromatic heterocycles. The number of nitrogens with one attached hydrogen (secondary N) is 1. The molecular formula is C21H16ClN5O4S. The van der Waals surface area contributed by atoms with Crippen LogP contribution >= 0.6 is 11.6 Å². The van der Waals surface area contributed by atoms with Crippen molar-refractivity contribution in [3.05, 3.63) is 76.2 Å². The lowest BCUT2D eigenvalue weighted by Gasteiger charge is -2.08. The second kappa shape index (κ2) is 7.59. The third-order valence-corrected chi connectivity index (χ3v) is 6.98. The zero-order valence-corrected chi connectivity index (χ0v) is 18.0. The lowest BCUT2D eigenvalue weighted by Crippen LogP contribution is -2.15. The van der Waals surface area contributed by atoms with Crippen molar-refractivity contribution in [2.24, 2.45) is 0 Å². The number of H-pyrrole nitrogens is 1. The van der Waals surface area contributed by atoms with Crippen LogP contribution in [0, 0.1) is 0 Å². The summed E-state index contributed by atoms with van der Waals surface area (Å²) in [5.41, 5.74) is 0.970. The number of halogens is 1. The van der Waals surface area contributed by atoms with E-state index in [1.54, 1.807) is 6.20 Å². The van der Waals surface area contributed by atoms with Crippen molar-refractivity contribution in [3.8, 4) is 11.3 Å². The Kier molecular flexibility index (Phi) is 4.85. The maximum atomic E-state index is 13.2. The molecule has 3 heterocycles. The first-order valence-electron chi connectivity index (χ1n) is 9.58. The van der Waals surface area contributed by atoms with Gasteiger partial charge in [-0.2, -0.15) is 4.98 Å². The number of rotatable bonds is 5. The Morgan fingerprint density at radius 2 is 1.75 bits per heavy atom. The topological polar surface area (TPSA) is 122 Å². The maximum Gasteiger partial charge on any atom is 0.287 e. The third kappa shape index (κ3) is 3.20. The van der Waals surface area contributed by atoms with Crippen molar-refractivity contribution in [1.82, 2.24) is 23.9 Å². The van der Waals surface area contributed by atoms with Gasteiger partial charge in [0.2, 0.25) is 20.8 Å². The zero-order valence-electron chi connectivity index (χ0n) is 16.4. The fourth-order valence-corrected chi connectivity index (χ4v) is 5.04. The summed E-state index contributed by atoms with van der Waals surface area (Å²) in [4.78, 5) is 24.8. The van der Waals surface area contributed by atoms with Crippen LogP contribution in [0.15, 0.2) is 75.6 Å². The average molecular weight is 470 g/mol. The summed E-state index contributed by atoms with van der Waals surface area (Å²) in [6, 6.07) is 15.0. The number of aromatic amines is 1. The van der Waals surface area contributed by atoms with Crippen molar-refractivity contribution in [1.29, 1.82) is 0 Å². The molecule has 0 atom stereocenters. The SMILES string of the molecule is O=c1c2nc(S(=O)(=O)c3ccc(Cl)cc3)n(CCO)c2nc2[nH]c(-c3ccccc3)cn12. The van der Waals surface area contributed by atoms with E-state index in [4.69, 9.17) is 11.6 Å². The van der Waals surface area contributed by atoms with Crippen LogP contribution in [0.5, 0.6) is 0 Å². The van der Waals surface area contributed by atoms with Gasteiger partial charge < -0.3 is 10.1 Å². The smallest absolute Gasteiger partial charge is 0.287 e. The minimum Gasteiger partial charge on any atom is -0.395 e. The zero-order chi connectivity index (χ0) is 22.5. The number of aromatic nitrogens is 5. The van der Waals surface area contributed by atoms with E-state index < -0.39 is 15.4 Å². The summed E-state index contributed by atoms with van der Waals surface area (Å²) in [5, 5.41) is 9.57. The highest BCUT2D eigenvalue weighted by Crippen LogP contribution is 2.25. The van der Waals surface area contributed by atoms with Crippen molar-refractivity contribution in [3.63, 3.8) is 0 Å². The van der Waals surface area contributed by atoms with Gasteiger partial charge in [0.15, 0.2) is 11.2 Å². The largest absolute Gasteiger partial charge is 0.395 e. The Morgan fingerprint density at radius 3 is 2.44 bits per heavy atom. The van der Waals surface area contributed by atoms with Crippen LogP contribution < -0.4 is 5.56 Å². The summed E-state index contributed by atoms with van der Waals surface area (Å²) in [5.74, 6) is 0.232. The predicted octanol–water partition coefficient (Wildman–Crippen LogP) is 2.52. The molecule has 162 valence electrons. The molecule has 2 aromatic carbocycles. The number of nitrogens with zero attached hydrogens (tertiary/aromatic N) is 4. The lowest BCUT2D eigenvalue weighted by molar-refractivity contribution is 0.272. The van der Waals surface area contributed by atoms with Crippen LogP contribution in [0.25, 0.3) is 28.2 Å². The standard InChI is InChI=1S/C21H16ClN5O4S/c22-14-6-8-15(9-7-14)32(30,31)21-24-17-18(26(21)10-11-28)25-20-23-16(12-27(20)19(17)29)13-4-2-1-3-5-13/h1-9,12,28H,10-11H2,(H,23,25). The van der Waals surface area contributed by atoms with Crippen LogP contribution in [0.3, 0.4) is 0 Å². The molecule has 0 saturated heterocycles. The van der Waals surface area contributed by atoms with Gasteiger partial charge in [0.1, 0.15) is 0 Å². The van der Waals surface area contributed by atoms with E-state index in [-0.39, 0.29) is 40.1 Å².